The lowest BCUT2D eigenvalue weighted by atomic mass is 10.1. The van der Waals surface area contributed by atoms with Gasteiger partial charge in [0.05, 0.1) is 18.4 Å². The first-order chi connectivity index (χ1) is 7.76. The molecular formula is C12H19NO3Si. The molecule has 0 aromatic heterocycles. The lowest BCUT2D eigenvalue weighted by Gasteiger charge is -2.23. The second-order valence-corrected chi connectivity index (χ2v) is 9.29. The average molecular weight is 253 g/mol. The lowest BCUT2D eigenvalue weighted by Crippen LogP contribution is -2.30. The van der Waals surface area contributed by atoms with Gasteiger partial charge in [-0.1, -0.05) is 0 Å². The molecule has 0 saturated carbocycles. The molecule has 0 fully saturated rings. The minimum absolute atomic E-state index is 0.372. The van der Waals surface area contributed by atoms with Crippen molar-refractivity contribution in [2.75, 3.05) is 12.8 Å². The van der Waals surface area contributed by atoms with Gasteiger partial charge in [-0.2, -0.15) is 0 Å². The maximum Gasteiger partial charge on any atom is 0.338 e. The molecule has 1 rings (SSSR count). The van der Waals surface area contributed by atoms with Crippen molar-refractivity contribution in [3.8, 4) is 5.75 Å². The van der Waals surface area contributed by atoms with Crippen molar-refractivity contribution in [2.45, 2.75) is 26.6 Å². The Hall–Kier alpha value is -1.49. The van der Waals surface area contributed by atoms with Gasteiger partial charge in [0.2, 0.25) is 8.32 Å². The molecule has 1 aromatic carbocycles. The van der Waals surface area contributed by atoms with Crippen molar-refractivity contribution in [3.63, 3.8) is 0 Å². The summed E-state index contributed by atoms with van der Waals surface area (Å²) in [6, 6.07) is 3.34. The summed E-state index contributed by atoms with van der Waals surface area (Å²) in [6.45, 7) is 8.02. The highest BCUT2D eigenvalue weighted by Crippen LogP contribution is 2.31. The molecule has 0 unspecified atom stereocenters. The molecule has 0 radical (unpaired) electrons. The zero-order chi connectivity index (χ0) is 13.2. The fourth-order valence-electron chi connectivity index (χ4n) is 1.49. The summed E-state index contributed by atoms with van der Waals surface area (Å²) in [4.78, 5) is 11.6. The maximum atomic E-state index is 11.6. The molecule has 0 spiro atoms. The van der Waals surface area contributed by atoms with Crippen LogP contribution in [0.2, 0.25) is 19.6 Å². The summed E-state index contributed by atoms with van der Waals surface area (Å²) < 4.78 is 10.6. The number of carbonyl (C=O) groups is 1. The van der Waals surface area contributed by atoms with Crippen molar-refractivity contribution in [2.24, 2.45) is 0 Å². The normalized spacial score (nSPS) is 11.1. The van der Waals surface area contributed by atoms with Crippen molar-refractivity contribution in [3.05, 3.63) is 23.3 Å². The van der Waals surface area contributed by atoms with Crippen LogP contribution in [0.4, 0.5) is 5.69 Å². The van der Waals surface area contributed by atoms with Crippen LogP contribution in [0.1, 0.15) is 15.9 Å². The number of hydrogen-bond donors (Lipinski definition) is 1. The zero-order valence-electron chi connectivity index (χ0n) is 11.0. The summed E-state index contributed by atoms with van der Waals surface area (Å²) in [5, 5.41) is 0. The van der Waals surface area contributed by atoms with Gasteiger partial charge in [-0.05, 0) is 38.7 Å². The smallest absolute Gasteiger partial charge is 0.338 e. The number of nitrogen functional groups attached to an aromatic ring is 1. The predicted molar refractivity (Wildman–Crippen MR) is 70.9 cm³/mol. The molecule has 5 heteroatoms. The first-order valence-corrected chi connectivity index (χ1v) is 8.83. The van der Waals surface area contributed by atoms with Crippen LogP contribution >= 0.6 is 0 Å². The second-order valence-electron chi connectivity index (χ2n) is 4.86. The third-order valence-corrected chi connectivity index (χ3v) is 3.07. The monoisotopic (exact) mass is 253 g/mol. The van der Waals surface area contributed by atoms with E-state index in [4.69, 9.17) is 14.9 Å². The minimum Gasteiger partial charge on any atom is -0.543 e. The van der Waals surface area contributed by atoms with Crippen LogP contribution in [0.5, 0.6) is 5.75 Å². The number of carbonyl (C=O) groups excluding carboxylic acids is 1. The number of anilines is 1. The molecule has 0 amide bonds. The van der Waals surface area contributed by atoms with Gasteiger partial charge in [-0.15, -0.1) is 0 Å². The Bertz CT molecular complexity index is 438. The molecule has 0 saturated heterocycles. The highest BCUT2D eigenvalue weighted by Gasteiger charge is 2.22. The number of rotatable bonds is 3. The van der Waals surface area contributed by atoms with Gasteiger partial charge < -0.3 is 14.9 Å². The number of benzene rings is 1. The summed E-state index contributed by atoms with van der Waals surface area (Å²) >= 11 is 0. The minimum atomic E-state index is -1.76. The van der Waals surface area contributed by atoms with E-state index in [1.807, 2.05) is 6.92 Å². The summed E-state index contributed by atoms with van der Waals surface area (Å²) in [7, 11) is -0.403. The Kier molecular flexibility index (Phi) is 3.82. The lowest BCUT2D eigenvalue weighted by molar-refractivity contribution is 0.0599. The van der Waals surface area contributed by atoms with Crippen LogP contribution < -0.4 is 10.2 Å². The van der Waals surface area contributed by atoms with Crippen molar-refractivity contribution in [1.82, 2.24) is 0 Å². The molecule has 0 bridgehead atoms. The van der Waals surface area contributed by atoms with E-state index < -0.39 is 8.32 Å². The summed E-state index contributed by atoms with van der Waals surface area (Å²) in [5.74, 6) is 0.231. The van der Waals surface area contributed by atoms with Crippen LogP contribution in [0.15, 0.2) is 12.1 Å². The molecule has 94 valence electrons. The molecule has 0 aliphatic carbocycles. The van der Waals surface area contributed by atoms with Crippen molar-refractivity contribution in [1.29, 1.82) is 0 Å². The van der Waals surface area contributed by atoms with E-state index in [2.05, 4.69) is 19.6 Å². The van der Waals surface area contributed by atoms with E-state index in [1.54, 1.807) is 12.1 Å². The van der Waals surface area contributed by atoms with Crippen LogP contribution in [0, 0.1) is 6.92 Å². The van der Waals surface area contributed by atoms with Crippen LogP contribution in [-0.2, 0) is 4.74 Å². The predicted octanol–water partition coefficient (Wildman–Crippen LogP) is 2.58. The molecule has 4 nitrogen and oxygen atoms in total. The van der Waals surface area contributed by atoms with E-state index in [0.29, 0.717) is 17.0 Å². The van der Waals surface area contributed by atoms with Crippen LogP contribution in [0.3, 0.4) is 0 Å². The maximum absolute atomic E-state index is 11.6. The van der Waals surface area contributed by atoms with E-state index in [1.165, 1.54) is 7.11 Å². The highest BCUT2D eigenvalue weighted by atomic mass is 28.4. The van der Waals surface area contributed by atoms with E-state index in [0.717, 1.165) is 5.56 Å². The summed E-state index contributed by atoms with van der Waals surface area (Å²) in [5.41, 5.74) is 7.67. The Morgan fingerprint density at radius 2 is 1.88 bits per heavy atom. The fraction of sp³-hybridized carbons (Fsp3) is 0.417. The van der Waals surface area contributed by atoms with Gasteiger partial charge in [0.15, 0.2) is 0 Å². The van der Waals surface area contributed by atoms with Crippen molar-refractivity contribution >= 4 is 20.0 Å². The Labute approximate surface area is 103 Å². The highest BCUT2D eigenvalue weighted by molar-refractivity contribution is 6.70. The first kappa shape index (κ1) is 13.6. The van der Waals surface area contributed by atoms with Gasteiger partial charge in [-0.3, -0.25) is 0 Å². The number of methoxy groups -OCH3 is 1. The van der Waals surface area contributed by atoms with E-state index >= 15 is 0 Å². The molecule has 17 heavy (non-hydrogen) atoms. The zero-order valence-corrected chi connectivity index (χ0v) is 12.0. The fourth-order valence-corrected chi connectivity index (χ4v) is 2.37. The number of ether oxygens (including phenoxy) is 1. The Balaban J connectivity index is 3.25. The van der Waals surface area contributed by atoms with E-state index in [9.17, 15) is 4.79 Å². The van der Waals surface area contributed by atoms with Crippen LogP contribution in [-0.4, -0.2) is 21.4 Å². The topological polar surface area (TPSA) is 61.5 Å². The van der Waals surface area contributed by atoms with Gasteiger partial charge in [0.25, 0.3) is 0 Å². The quantitative estimate of drug-likeness (QED) is 0.511. The summed E-state index contributed by atoms with van der Waals surface area (Å²) in [6.07, 6.45) is 0. The number of hydrogen-bond acceptors (Lipinski definition) is 4. The number of esters is 1. The molecule has 0 aliphatic heterocycles. The number of nitrogens with two attached hydrogens (primary N) is 1. The molecular weight excluding hydrogens is 234 g/mol. The van der Waals surface area contributed by atoms with Gasteiger partial charge in [-0.25, -0.2) is 4.79 Å². The van der Waals surface area contributed by atoms with Gasteiger partial charge >= 0.3 is 5.97 Å². The Morgan fingerprint density at radius 1 is 1.29 bits per heavy atom. The van der Waals surface area contributed by atoms with Crippen molar-refractivity contribution < 1.29 is 14.0 Å². The molecule has 0 atom stereocenters. The first-order valence-electron chi connectivity index (χ1n) is 5.42. The molecule has 0 aliphatic rings. The third kappa shape index (κ3) is 3.23. The third-order valence-electron chi connectivity index (χ3n) is 2.25. The second kappa shape index (κ2) is 4.79. The molecule has 2 N–H and O–H groups in total. The van der Waals surface area contributed by atoms with Crippen LogP contribution in [0.25, 0.3) is 0 Å². The SMILES string of the molecule is COC(=O)c1ccc(N)c(O[Si](C)(C)C)c1C. The molecule has 0 heterocycles. The molecule has 1 aromatic rings. The largest absolute Gasteiger partial charge is 0.543 e. The van der Waals surface area contributed by atoms with Gasteiger partial charge in [0.1, 0.15) is 5.75 Å². The van der Waals surface area contributed by atoms with E-state index in [-0.39, 0.29) is 5.97 Å². The average Bonchev–Trinajstić information content (AvgIpc) is 2.22. The Morgan fingerprint density at radius 3 is 2.35 bits per heavy atom. The standard InChI is InChI=1S/C12H19NO3Si/c1-8-9(12(14)15-2)6-7-10(13)11(8)16-17(3,4)5/h6-7H,13H2,1-5H3. The van der Waals surface area contributed by atoms with Gasteiger partial charge in [0, 0.05) is 5.56 Å².